The van der Waals surface area contributed by atoms with Crippen molar-refractivity contribution in [3.63, 3.8) is 0 Å². The van der Waals surface area contributed by atoms with Gasteiger partial charge in [0.2, 0.25) is 5.95 Å². The second kappa shape index (κ2) is 8.05. The normalized spacial score (nSPS) is 15.4. The quantitative estimate of drug-likeness (QED) is 0.669. The smallest absolute Gasteiger partial charge is 0.226 e. The van der Waals surface area contributed by atoms with Crippen molar-refractivity contribution in [3.05, 3.63) is 54.1 Å². The number of aromatic nitrogens is 2. The predicted octanol–water partition coefficient (Wildman–Crippen LogP) is 4.53. The van der Waals surface area contributed by atoms with Gasteiger partial charge in [0.1, 0.15) is 0 Å². The number of anilines is 1. The zero-order valence-electron chi connectivity index (χ0n) is 16.4. The third-order valence-electron chi connectivity index (χ3n) is 5.37. The van der Waals surface area contributed by atoms with E-state index in [1.807, 2.05) is 0 Å². The van der Waals surface area contributed by atoms with Gasteiger partial charge in [-0.1, -0.05) is 55.3 Å². The summed E-state index contributed by atoms with van der Waals surface area (Å²) in [5.41, 5.74) is 4.45. The number of hydrogen-bond donors (Lipinski definition) is 0. The van der Waals surface area contributed by atoms with E-state index in [9.17, 15) is 0 Å². The molecule has 0 radical (unpaired) electrons. The van der Waals surface area contributed by atoms with Crippen molar-refractivity contribution in [3.8, 4) is 11.3 Å². The molecule has 3 aromatic rings. The molecule has 0 unspecified atom stereocenters. The lowest BCUT2D eigenvalue weighted by molar-refractivity contribution is 0.253. The second-order valence-electron chi connectivity index (χ2n) is 7.44. The first-order chi connectivity index (χ1) is 13.2. The average Bonchev–Trinajstić information content (AvgIpc) is 2.72. The highest BCUT2D eigenvalue weighted by Crippen LogP contribution is 2.29. The van der Waals surface area contributed by atoms with Gasteiger partial charge < -0.3 is 4.90 Å². The highest BCUT2D eigenvalue weighted by Gasteiger charge is 2.20. The number of benzene rings is 2. The Labute approximate surface area is 161 Å². The third kappa shape index (κ3) is 3.96. The monoisotopic (exact) mass is 360 g/mol. The molecule has 1 saturated heterocycles. The van der Waals surface area contributed by atoms with Crippen LogP contribution in [-0.4, -0.2) is 47.6 Å². The van der Waals surface area contributed by atoms with Crippen LogP contribution in [-0.2, 0) is 0 Å². The minimum Gasteiger partial charge on any atom is -0.338 e. The fourth-order valence-electron chi connectivity index (χ4n) is 3.74. The van der Waals surface area contributed by atoms with E-state index in [4.69, 9.17) is 9.97 Å². The minimum atomic E-state index is 0.861. The summed E-state index contributed by atoms with van der Waals surface area (Å²) in [5.74, 6) is 0.861. The number of rotatable bonds is 5. The Kier molecular flexibility index (Phi) is 5.35. The van der Waals surface area contributed by atoms with Crippen LogP contribution in [0.3, 0.4) is 0 Å². The predicted molar refractivity (Wildman–Crippen MR) is 113 cm³/mol. The number of unbranched alkanes of at least 4 members (excludes halogenated alkanes) is 1. The molecule has 0 N–H and O–H groups in total. The second-order valence-corrected chi connectivity index (χ2v) is 7.44. The number of fused-ring (bicyclic) bond motifs is 1. The molecule has 2 aromatic carbocycles. The molecule has 27 heavy (non-hydrogen) atoms. The maximum Gasteiger partial charge on any atom is 0.226 e. The van der Waals surface area contributed by atoms with Crippen molar-refractivity contribution in [1.29, 1.82) is 0 Å². The Balaban J connectivity index is 1.67. The lowest BCUT2D eigenvalue weighted by Crippen LogP contribution is -2.47. The molecule has 0 saturated carbocycles. The van der Waals surface area contributed by atoms with Crippen molar-refractivity contribution < 1.29 is 0 Å². The van der Waals surface area contributed by atoms with Crippen molar-refractivity contribution in [2.75, 3.05) is 37.6 Å². The van der Waals surface area contributed by atoms with E-state index in [2.05, 4.69) is 72.2 Å². The summed E-state index contributed by atoms with van der Waals surface area (Å²) in [6.07, 6.45) is 2.54. The Bertz CT molecular complexity index is 899. The van der Waals surface area contributed by atoms with Crippen LogP contribution in [0.4, 0.5) is 5.95 Å². The average molecular weight is 361 g/mol. The third-order valence-corrected chi connectivity index (χ3v) is 5.37. The summed E-state index contributed by atoms with van der Waals surface area (Å²) in [5, 5.41) is 1.13. The molecular formula is C23H28N4. The van der Waals surface area contributed by atoms with Crippen molar-refractivity contribution in [1.82, 2.24) is 14.9 Å². The molecule has 1 fully saturated rings. The van der Waals surface area contributed by atoms with Crippen LogP contribution in [0.25, 0.3) is 22.2 Å². The highest BCUT2D eigenvalue weighted by molar-refractivity contribution is 5.93. The largest absolute Gasteiger partial charge is 0.338 e. The van der Waals surface area contributed by atoms with Crippen LogP contribution in [0.5, 0.6) is 0 Å². The van der Waals surface area contributed by atoms with Gasteiger partial charge in [-0.2, -0.15) is 0 Å². The van der Waals surface area contributed by atoms with Gasteiger partial charge in [-0.15, -0.1) is 0 Å². The first-order valence-electron chi connectivity index (χ1n) is 10.1. The summed E-state index contributed by atoms with van der Waals surface area (Å²) in [7, 11) is 0. The van der Waals surface area contributed by atoms with Gasteiger partial charge in [0.25, 0.3) is 0 Å². The van der Waals surface area contributed by atoms with E-state index in [1.54, 1.807) is 0 Å². The first kappa shape index (κ1) is 17.9. The number of hydrogen-bond acceptors (Lipinski definition) is 4. The molecule has 1 aliphatic heterocycles. The molecular weight excluding hydrogens is 332 g/mol. The van der Waals surface area contributed by atoms with E-state index in [0.29, 0.717) is 0 Å². The maximum atomic E-state index is 5.02. The fraction of sp³-hybridized carbons (Fsp3) is 0.391. The van der Waals surface area contributed by atoms with Crippen LogP contribution in [0.15, 0.2) is 48.5 Å². The molecule has 4 heteroatoms. The Morgan fingerprint density at radius 3 is 2.44 bits per heavy atom. The lowest BCUT2D eigenvalue weighted by atomic mass is 10.0. The van der Waals surface area contributed by atoms with Crippen LogP contribution in [0, 0.1) is 6.92 Å². The summed E-state index contributed by atoms with van der Waals surface area (Å²) >= 11 is 0. The fourth-order valence-corrected chi connectivity index (χ4v) is 3.74. The molecule has 0 aliphatic carbocycles. The van der Waals surface area contributed by atoms with Gasteiger partial charge >= 0.3 is 0 Å². The molecule has 0 atom stereocenters. The van der Waals surface area contributed by atoms with E-state index in [0.717, 1.165) is 54.3 Å². The summed E-state index contributed by atoms with van der Waals surface area (Å²) < 4.78 is 0. The van der Waals surface area contributed by atoms with Crippen LogP contribution >= 0.6 is 0 Å². The van der Waals surface area contributed by atoms with E-state index in [1.165, 1.54) is 24.9 Å². The van der Waals surface area contributed by atoms with Crippen molar-refractivity contribution in [2.45, 2.75) is 26.7 Å². The Morgan fingerprint density at radius 2 is 1.70 bits per heavy atom. The summed E-state index contributed by atoms with van der Waals surface area (Å²) in [4.78, 5) is 14.8. The molecule has 0 bridgehead atoms. The van der Waals surface area contributed by atoms with Crippen LogP contribution < -0.4 is 4.90 Å². The first-order valence-corrected chi connectivity index (χ1v) is 10.1. The topological polar surface area (TPSA) is 32.3 Å². The van der Waals surface area contributed by atoms with Crippen molar-refractivity contribution >= 4 is 16.9 Å². The van der Waals surface area contributed by atoms with Gasteiger partial charge in [-0.3, -0.25) is 4.90 Å². The Hall–Kier alpha value is -2.46. The van der Waals surface area contributed by atoms with Gasteiger partial charge in [0, 0.05) is 37.1 Å². The van der Waals surface area contributed by atoms with E-state index in [-0.39, 0.29) is 0 Å². The highest BCUT2D eigenvalue weighted by atomic mass is 15.3. The zero-order valence-corrected chi connectivity index (χ0v) is 16.4. The molecule has 0 spiro atoms. The molecule has 1 aliphatic rings. The van der Waals surface area contributed by atoms with Crippen molar-refractivity contribution in [2.24, 2.45) is 0 Å². The van der Waals surface area contributed by atoms with E-state index < -0.39 is 0 Å². The molecule has 1 aromatic heterocycles. The number of nitrogens with zero attached hydrogens (tertiary/aromatic N) is 4. The van der Waals surface area contributed by atoms with Crippen LogP contribution in [0.2, 0.25) is 0 Å². The zero-order chi connectivity index (χ0) is 18.6. The molecule has 0 amide bonds. The number of piperazine rings is 1. The molecule has 2 heterocycles. The summed E-state index contributed by atoms with van der Waals surface area (Å²) in [6.45, 7) is 9.76. The van der Waals surface area contributed by atoms with Gasteiger partial charge in [-0.05, 0) is 32.0 Å². The number of aryl methyl sites for hydroxylation is 1. The van der Waals surface area contributed by atoms with Gasteiger partial charge in [0.15, 0.2) is 0 Å². The van der Waals surface area contributed by atoms with E-state index >= 15 is 0 Å². The molecule has 140 valence electrons. The maximum absolute atomic E-state index is 5.02. The summed E-state index contributed by atoms with van der Waals surface area (Å²) in [6, 6.07) is 16.9. The standard InChI is InChI=1S/C23H28N4/c1-3-4-12-26-13-15-27(16-14-26)23-24-21-11-10-18(2)17-20(21)22(25-23)19-8-6-5-7-9-19/h5-11,17H,3-4,12-16H2,1-2H3. The SMILES string of the molecule is CCCCN1CCN(c2nc(-c3ccccc3)c3cc(C)ccc3n2)CC1. The molecule has 4 nitrogen and oxygen atoms in total. The van der Waals surface area contributed by atoms with Crippen LogP contribution in [0.1, 0.15) is 25.3 Å². The van der Waals surface area contributed by atoms with Gasteiger partial charge in [-0.25, -0.2) is 9.97 Å². The Morgan fingerprint density at radius 1 is 0.926 bits per heavy atom. The van der Waals surface area contributed by atoms with Gasteiger partial charge in [0.05, 0.1) is 11.2 Å². The lowest BCUT2D eigenvalue weighted by Gasteiger charge is -2.35. The molecule has 4 rings (SSSR count). The minimum absolute atomic E-state index is 0.861.